The highest BCUT2D eigenvalue weighted by atomic mass is 16.6. The third kappa shape index (κ3) is 4.01. The van der Waals surface area contributed by atoms with Gasteiger partial charge < -0.3 is 14.2 Å². The first-order valence-electron chi connectivity index (χ1n) is 6.42. The fourth-order valence-corrected chi connectivity index (χ4v) is 1.73. The largest absolute Gasteiger partial charge is 0.465 e. The summed E-state index contributed by atoms with van der Waals surface area (Å²) in [7, 11) is 1.20. The summed E-state index contributed by atoms with van der Waals surface area (Å²) in [6.45, 7) is 3.43. The van der Waals surface area contributed by atoms with Crippen LogP contribution in [0.15, 0.2) is 18.5 Å². The van der Waals surface area contributed by atoms with E-state index >= 15 is 0 Å². The lowest BCUT2D eigenvalue weighted by Gasteiger charge is -2.16. The van der Waals surface area contributed by atoms with Gasteiger partial charge in [-0.3, -0.25) is 14.6 Å². The zero-order valence-electron chi connectivity index (χ0n) is 12.1. The highest BCUT2D eigenvalue weighted by Crippen LogP contribution is 2.23. The maximum Gasteiger partial charge on any atom is 0.338 e. The number of ether oxygens (including phenoxy) is 3. The molecule has 0 bridgehead atoms. The lowest BCUT2D eigenvalue weighted by Crippen LogP contribution is -2.28. The summed E-state index contributed by atoms with van der Waals surface area (Å²) < 4.78 is 14.4. The predicted molar refractivity (Wildman–Crippen MR) is 71.6 cm³/mol. The summed E-state index contributed by atoms with van der Waals surface area (Å²) in [4.78, 5) is 39.6. The van der Waals surface area contributed by atoms with Crippen LogP contribution in [-0.4, -0.2) is 43.2 Å². The van der Waals surface area contributed by atoms with Gasteiger partial charge in [0.15, 0.2) is 5.92 Å². The van der Waals surface area contributed by atoms with Crippen molar-refractivity contribution in [3.8, 4) is 0 Å². The number of hydrogen-bond donors (Lipinski definition) is 0. The van der Waals surface area contributed by atoms with Crippen LogP contribution in [0.1, 0.15) is 35.7 Å². The summed E-state index contributed by atoms with van der Waals surface area (Å²) in [5.41, 5.74) is 0.167. The summed E-state index contributed by atoms with van der Waals surface area (Å²) in [5.74, 6) is -3.64. The van der Waals surface area contributed by atoms with E-state index in [1.54, 1.807) is 13.8 Å². The number of carbonyl (C=O) groups is 3. The van der Waals surface area contributed by atoms with Gasteiger partial charge in [-0.15, -0.1) is 0 Å². The van der Waals surface area contributed by atoms with Gasteiger partial charge in [-0.2, -0.15) is 0 Å². The van der Waals surface area contributed by atoms with Crippen LogP contribution in [0, 0.1) is 0 Å². The molecule has 0 aliphatic rings. The minimum atomic E-state index is -1.37. The van der Waals surface area contributed by atoms with E-state index in [2.05, 4.69) is 9.72 Å². The maximum atomic E-state index is 12.0. The Labute approximate surface area is 122 Å². The molecule has 7 heteroatoms. The Balaban J connectivity index is 3.29. The van der Waals surface area contributed by atoms with E-state index < -0.39 is 23.8 Å². The Hall–Kier alpha value is -2.44. The Morgan fingerprint density at radius 3 is 2.19 bits per heavy atom. The molecule has 1 aromatic rings. The Morgan fingerprint density at radius 1 is 1.14 bits per heavy atom. The van der Waals surface area contributed by atoms with E-state index in [-0.39, 0.29) is 24.3 Å². The van der Waals surface area contributed by atoms with E-state index in [0.717, 1.165) is 0 Å². The standard InChI is InChI=1S/C14H17NO6/c1-4-20-13(17)11(14(18)21-5-2)10-8-15-7-6-9(10)12(16)19-3/h6-8,11H,4-5H2,1-3H3. The zero-order chi connectivity index (χ0) is 15.8. The molecule has 0 aliphatic heterocycles. The molecule has 0 saturated carbocycles. The average Bonchev–Trinajstić information content (AvgIpc) is 2.48. The molecule has 0 aliphatic carbocycles. The fourth-order valence-electron chi connectivity index (χ4n) is 1.73. The van der Waals surface area contributed by atoms with Crippen LogP contribution in [0.3, 0.4) is 0 Å². The number of carbonyl (C=O) groups excluding carboxylic acids is 3. The highest BCUT2D eigenvalue weighted by molar-refractivity contribution is 6.04. The predicted octanol–water partition coefficient (Wildman–Crippen LogP) is 1.08. The van der Waals surface area contributed by atoms with Crippen LogP contribution in [0.25, 0.3) is 0 Å². The molecule has 21 heavy (non-hydrogen) atoms. The van der Waals surface area contributed by atoms with Gasteiger partial charge in [0.05, 0.1) is 25.9 Å². The van der Waals surface area contributed by atoms with Gasteiger partial charge in [0, 0.05) is 18.0 Å². The van der Waals surface area contributed by atoms with Crippen LogP contribution in [-0.2, 0) is 23.8 Å². The van der Waals surface area contributed by atoms with Crippen LogP contribution < -0.4 is 0 Å². The van der Waals surface area contributed by atoms with Gasteiger partial charge in [-0.05, 0) is 19.9 Å². The second-order valence-corrected chi connectivity index (χ2v) is 3.89. The molecule has 0 spiro atoms. The second-order valence-electron chi connectivity index (χ2n) is 3.89. The molecule has 0 amide bonds. The first-order valence-corrected chi connectivity index (χ1v) is 6.42. The topological polar surface area (TPSA) is 91.8 Å². The van der Waals surface area contributed by atoms with Gasteiger partial charge in [0.2, 0.25) is 0 Å². The third-order valence-electron chi connectivity index (χ3n) is 2.61. The number of esters is 3. The minimum absolute atomic E-state index is 0.0682. The first kappa shape index (κ1) is 16.6. The van der Waals surface area contributed by atoms with E-state index in [9.17, 15) is 14.4 Å². The van der Waals surface area contributed by atoms with Gasteiger partial charge in [-0.25, -0.2) is 4.79 Å². The van der Waals surface area contributed by atoms with Crippen molar-refractivity contribution in [3.05, 3.63) is 29.6 Å². The zero-order valence-corrected chi connectivity index (χ0v) is 12.1. The molecule has 0 N–H and O–H groups in total. The van der Waals surface area contributed by atoms with Crippen LogP contribution in [0.4, 0.5) is 0 Å². The Bertz CT molecular complexity index is 510. The monoisotopic (exact) mass is 295 g/mol. The van der Waals surface area contributed by atoms with Gasteiger partial charge >= 0.3 is 17.9 Å². The maximum absolute atomic E-state index is 12.0. The van der Waals surface area contributed by atoms with Crippen LogP contribution in [0.2, 0.25) is 0 Å². The normalized spacial score (nSPS) is 10.1. The lowest BCUT2D eigenvalue weighted by atomic mass is 9.96. The molecular weight excluding hydrogens is 278 g/mol. The number of pyridine rings is 1. The minimum Gasteiger partial charge on any atom is -0.465 e. The lowest BCUT2D eigenvalue weighted by molar-refractivity contribution is -0.156. The molecule has 0 aromatic carbocycles. The van der Waals surface area contributed by atoms with Crippen molar-refractivity contribution < 1.29 is 28.6 Å². The smallest absolute Gasteiger partial charge is 0.338 e. The second kappa shape index (κ2) is 7.98. The summed E-state index contributed by atoms with van der Waals surface area (Å²) in [6, 6.07) is 1.37. The Morgan fingerprint density at radius 2 is 1.71 bits per heavy atom. The molecule has 1 heterocycles. The van der Waals surface area contributed by atoms with Crippen molar-refractivity contribution in [1.82, 2.24) is 4.98 Å². The van der Waals surface area contributed by atoms with Crippen LogP contribution >= 0.6 is 0 Å². The van der Waals surface area contributed by atoms with Crippen molar-refractivity contribution in [3.63, 3.8) is 0 Å². The molecule has 0 fully saturated rings. The molecule has 114 valence electrons. The number of methoxy groups -OCH3 is 1. The van der Waals surface area contributed by atoms with E-state index in [1.165, 1.54) is 25.6 Å². The molecule has 0 unspecified atom stereocenters. The van der Waals surface area contributed by atoms with Crippen molar-refractivity contribution in [2.24, 2.45) is 0 Å². The average molecular weight is 295 g/mol. The summed E-state index contributed by atoms with van der Waals surface area (Å²) >= 11 is 0. The SMILES string of the molecule is CCOC(=O)C(C(=O)OCC)c1cnccc1C(=O)OC. The molecule has 7 nitrogen and oxygen atoms in total. The number of rotatable bonds is 6. The van der Waals surface area contributed by atoms with Gasteiger partial charge in [-0.1, -0.05) is 0 Å². The number of nitrogens with zero attached hydrogens (tertiary/aromatic N) is 1. The Kier molecular flexibility index (Phi) is 6.32. The van der Waals surface area contributed by atoms with E-state index in [4.69, 9.17) is 9.47 Å². The molecule has 0 radical (unpaired) electrons. The van der Waals surface area contributed by atoms with Crippen molar-refractivity contribution in [2.75, 3.05) is 20.3 Å². The van der Waals surface area contributed by atoms with Crippen LogP contribution in [0.5, 0.6) is 0 Å². The third-order valence-corrected chi connectivity index (χ3v) is 2.61. The fraction of sp³-hybridized carbons (Fsp3) is 0.429. The number of aromatic nitrogens is 1. The summed E-state index contributed by atoms with van der Waals surface area (Å²) in [6.07, 6.45) is 2.62. The molecule has 0 atom stereocenters. The molecular formula is C14H17NO6. The molecule has 1 rings (SSSR count). The highest BCUT2D eigenvalue weighted by Gasteiger charge is 2.35. The van der Waals surface area contributed by atoms with E-state index in [0.29, 0.717) is 0 Å². The van der Waals surface area contributed by atoms with Crippen molar-refractivity contribution in [2.45, 2.75) is 19.8 Å². The van der Waals surface area contributed by atoms with Crippen molar-refractivity contribution in [1.29, 1.82) is 0 Å². The van der Waals surface area contributed by atoms with Gasteiger partial charge in [0.1, 0.15) is 0 Å². The van der Waals surface area contributed by atoms with E-state index in [1.807, 2.05) is 0 Å². The molecule has 0 saturated heterocycles. The molecule has 1 aromatic heterocycles. The first-order chi connectivity index (χ1) is 10.1. The van der Waals surface area contributed by atoms with Gasteiger partial charge in [0.25, 0.3) is 0 Å². The quantitative estimate of drug-likeness (QED) is 0.440. The number of hydrogen-bond acceptors (Lipinski definition) is 7. The van der Waals surface area contributed by atoms with Crippen molar-refractivity contribution >= 4 is 17.9 Å². The summed E-state index contributed by atoms with van der Waals surface area (Å²) in [5, 5.41) is 0.